The summed E-state index contributed by atoms with van der Waals surface area (Å²) >= 11 is 0. The molecule has 1 aliphatic rings. The van der Waals surface area contributed by atoms with Crippen molar-refractivity contribution >= 4 is 22.9 Å². The number of amides is 1. The van der Waals surface area contributed by atoms with Crippen LogP contribution in [0, 0.1) is 0 Å². The Morgan fingerprint density at radius 1 is 1.41 bits per heavy atom. The number of fused-ring (bicyclic) bond motifs is 1. The fourth-order valence-corrected chi connectivity index (χ4v) is 2.42. The van der Waals surface area contributed by atoms with Crippen LogP contribution in [0.1, 0.15) is 10.4 Å². The standard InChI is InChI=1S/C13H15N5O4/c1-17-11-7(9(19)8(10(14)20)12(17)21)6-15-13(16-11)18-2-4-22-5-3-18/h6,19H,2-5H2,1H3,(H2,14,20). The fourth-order valence-electron chi connectivity index (χ4n) is 2.42. The minimum atomic E-state index is -0.989. The molecule has 3 heterocycles. The van der Waals surface area contributed by atoms with Gasteiger partial charge in [-0.3, -0.25) is 14.2 Å². The Bertz CT molecular complexity index is 810. The number of nitrogens with two attached hydrogens (primary N) is 1. The number of primary amides is 1. The normalized spacial score (nSPS) is 15.2. The number of pyridine rings is 1. The highest BCUT2D eigenvalue weighted by atomic mass is 16.5. The Kier molecular flexibility index (Phi) is 3.41. The third kappa shape index (κ3) is 2.15. The van der Waals surface area contributed by atoms with E-state index < -0.39 is 22.8 Å². The number of hydrogen-bond acceptors (Lipinski definition) is 7. The monoisotopic (exact) mass is 305 g/mol. The van der Waals surface area contributed by atoms with Gasteiger partial charge in [-0.05, 0) is 0 Å². The summed E-state index contributed by atoms with van der Waals surface area (Å²) in [5.74, 6) is -1.03. The molecule has 0 aromatic carbocycles. The number of carbonyl (C=O) groups excluding carboxylic acids is 1. The van der Waals surface area contributed by atoms with Gasteiger partial charge in [-0.1, -0.05) is 0 Å². The number of aryl methyl sites for hydroxylation is 1. The van der Waals surface area contributed by atoms with E-state index in [1.165, 1.54) is 17.8 Å². The minimum absolute atomic E-state index is 0.202. The Labute approximate surface area is 124 Å². The van der Waals surface area contributed by atoms with Crippen molar-refractivity contribution < 1.29 is 14.6 Å². The lowest BCUT2D eigenvalue weighted by Gasteiger charge is -2.26. The topological polar surface area (TPSA) is 124 Å². The number of carbonyl (C=O) groups is 1. The average molecular weight is 305 g/mol. The molecule has 116 valence electrons. The van der Waals surface area contributed by atoms with E-state index >= 15 is 0 Å². The summed E-state index contributed by atoms with van der Waals surface area (Å²) in [6.07, 6.45) is 1.38. The van der Waals surface area contributed by atoms with E-state index in [0.717, 1.165) is 0 Å². The molecule has 0 spiro atoms. The molecule has 2 aromatic heterocycles. The number of hydrogen-bond donors (Lipinski definition) is 2. The molecule has 0 radical (unpaired) electrons. The fraction of sp³-hybridized carbons (Fsp3) is 0.385. The van der Waals surface area contributed by atoms with Crippen LogP contribution in [0.15, 0.2) is 11.0 Å². The zero-order valence-electron chi connectivity index (χ0n) is 11.9. The summed E-state index contributed by atoms with van der Waals surface area (Å²) < 4.78 is 6.45. The number of aromatic nitrogens is 3. The van der Waals surface area contributed by atoms with Crippen molar-refractivity contribution in [2.24, 2.45) is 12.8 Å². The summed E-state index contributed by atoms with van der Waals surface area (Å²) in [5, 5.41) is 10.3. The smallest absolute Gasteiger partial charge is 0.268 e. The molecular weight excluding hydrogens is 290 g/mol. The van der Waals surface area contributed by atoms with Crippen LogP contribution < -0.4 is 16.2 Å². The quantitative estimate of drug-likeness (QED) is 0.727. The number of morpholine rings is 1. The summed E-state index contributed by atoms with van der Waals surface area (Å²) in [6, 6.07) is 0. The summed E-state index contributed by atoms with van der Waals surface area (Å²) in [6.45, 7) is 2.44. The highest BCUT2D eigenvalue weighted by molar-refractivity contribution is 6.00. The predicted octanol–water partition coefficient (Wildman–Crippen LogP) is -1.03. The molecule has 9 heteroatoms. The molecule has 3 rings (SSSR count). The molecule has 0 aliphatic carbocycles. The van der Waals surface area contributed by atoms with Crippen LogP contribution in [0.2, 0.25) is 0 Å². The van der Waals surface area contributed by atoms with E-state index in [4.69, 9.17) is 10.5 Å². The lowest BCUT2D eigenvalue weighted by Crippen LogP contribution is -2.37. The van der Waals surface area contributed by atoms with Gasteiger partial charge in [-0.2, -0.15) is 4.98 Å². The predicted molar refractivity (Wildman–Crippen MR) is 78.0 cm³/mol. The largest absolute Gasteiger partial charge is 0.506 e. The maximum atomic E-state index is 12.1. The molecule has 2 aromatic rings. The lowest BCUT2D eigenvalue weighted by molar-refractivity contribution is 0.0996. The van der Waals surface area contributed by atoms with E-state index in [-0.39, 0.29) is 11.0 Å². The van der Waals surface area contributed by atoms with Crippen LogP contribution in [0.4, 0.5) is 5.95 Å². The molecule has 22 heavy (non-hydrogen) atoms. The van der Waals surface area contributed by atoms with Gasteiger partial charge in [0.05, 0.1) is 18.6 Å². The van der Waals surface area contributed by atoms with Gasteiger partial charge in [-0.15, -0.1) is 0 Å². The second-order valence-corrected chi connectivity index (χ2v) is 4.96. The van der Waals surface area contributed by atoms with Crippen LogP contribution in [-0.2, 0) is 11.8 Å². The minimum Gasteiger partial charge on any atom is -0.506 e. The van der Waals surface area contributed by atoms with Crippen molar-refractivity contribution in [3.63, 3.8) is 0 Å². The van der Waals surface area contributed by atoms with Gasteiger partial charge in [0, 0.05) is 26.3 Å². The molecule has 1 aliphatic heterocycles. The Morgan fingerprint density at radius 3 is 2.73 bits per heavy atom. The molecular formula is C13H15N5O4. The van der Waals surface area contributed by atoms with E-state index in [1.807, 2.05) is 4.90 Å². The van der Waals surface area contributed by atoms with Crippen LogP contribution in [-0.4, -0.2) is 51.9 Å². The lowest BCUT2D eigenvalue weighted by atomic mass is 10.2. The zero-order valence-corrected chi connectivity index (χ0v) is 11.9. The molecule has 3 N–H and O–H groups in total. The molecule has 1 saturated heterocycles. The van der Waals surface area contributed by atoms with E-state index in [1.54, 1.807) is 0 Å². The van der Waals surface area contributed by atoms with Gasteiger partial charge >= 0.3 is 0 Å². The maximum absolute atomic E-state index is 12.1. The number of aromatic hydroxyl groups is 1. The van der Waals surface area contributed by atoms with Crippen LogP contribution in [0.25, 0.3) is 11.0 Å². The van der Waals surface area contributed by atoms with E-state index in [2.05, 4.69) is 9.97 Å². The molecule has 1 fully saturated rings. The summed E-state index contributed by atoms with van der Waals surface area (Å²) in [4.78, 5) is 33.9. The van der Waals surface area contributed by atoms with Gasteiger partial charge in [-0.25, -0.2) is 4.98 Å². The Morgan fingerprint density at radius 2 is 2.09 bits per heavy atom. The maximum Gasteiger partial charge on any atom is 0.268 e. The van der Waals surface area contributed by atoms with Crippen molar-refractivity contribution in [1.82, 2.24) is 14.5 Å². The molecule has 0 atom stereocenters. The number of anilines is 1. The molecule has 0 saturated carbocycles. The molecule has 9 nitrogen and oxygen atoms in total. The first-order chi connectivity index (χ1) is 10.5. The summed E-state index contributed by atoms with van der Waals surface area (Å²) in [5.41, 5.74) is 4.24. The average Bonchev–Trinajstić information content (AvgIpc) is 2.53. The van der Waals surface area contributed by atoms with Gasteiger partial charge < -0.3 is 20.5 Å². The van der Waals surface area contributed by atoms with Crippen molar-refractivity contribution in [1.29, 1.82) is 0 Å². The van der Waals surface area contributed by atoms with E-state index in [9.17, 15) is 14.7 Å². The number of nitrogens with zero attached hydrogens (tertiary/aromatic N) is 4. The van der Waals surface area contributed by atoms with Crippen LogP contribution >= 0.6 is 0 Å². The molecule has 0 bridgehead atoms. The third-order valence-corrected chi connectivity index (χ3v) is 3.62. The summed E-state index contributed by atoms with van der Waals surface area (Å²) in [7, 11) is 1.46. The highest BCUT2D eigenvalue weighted by Crippen LogP contribution is 2.25. The first-order valence-corrected chi connectivity index (χ1v) is 6.72. The van der Waals surface area contributed by atoms with Crippen molar-refractivity contribution in [2.75, 3.05) is 31.2 Å². The highest BCUT2D eigenvalue weighted by Gasteiger charge is 2.21. The van der Waals surface area contributed by atoms with Gasteiger partial charge in [0.15, 0.2) is 5.65 Å². The first-order valence-electron chi connectivity index (χ1n) is 6.72. The molecule has 0 unspecified atom stereocenters. The second-order valence-electron chi connectivity index (χ2n) is 4.96. The van der Waals surface area contributed by atoms with E-state index in [0.29, 0.717) is 32.3 Å². The van der Waals surface area contributed by atoms with Crippen LogP contribution in [0.5, 0.6) is 5.75 Å². The van der Waals surface area contributed by atoms with Crippen molar-refractivity contribution in [2.45, 2.75) is 0 Å². The SMILES string of the molecule is Cn1c(=O)c(C(N)=O)c(O)c2cnc(N3CCOCC3)nc21. The Balaban J connectivity index is 2.21. The van der Waals surface area contributed by atoms with Crippen molar-refractivity contribution in [3.05, 3.63) is 22.1 Å². The third-order valence-electron chi connectivity index (χ3n) is 3.62. The number of rotatable bonds is 2. The molecule has 1 amide bonds. The van der Waals surface area contributed by atoms with Crippen LogP contribution in [0.3, 0.4) is 0 Å². The Hall–Kier alpha value is -2.68. The second kappa shape index (κ2) is 5.26. The van der Waals surface area contributed by atoms with Gasteiger partial charge in [0.1, 0.15) is 11.3 Å². The van der Waals surface area contributed by atoms with Gasteiger partial charge in [0.2, 0.25) is 5.95 Å². The van der Waals surface area contributed by atoms with Gasteiger partial charge in [0.25, 0.3) is 11.5 Å². The first kappa shape index (κ1) is 14.3. The zero-order chi connectivity index (χ0) is 15.9. The number of ether oxygens (including phenoxy) is 1. The van der Waals surface area contributed by atoms with Crippen molar-refractivity contribution in [3.8, 4) is 5.75 Å².